The summed E-state index contributed by atoms with van der Waals surface area (Å²) in [4.78, 5) is 2.17. The average molecular weight is 269 g/mol. The normalized spacial score (nSPS) is 23.1. The van der Waals surface area contributed by atoms with E-state index in [1.54, 1.807) is 6.07 Å². The third-order valence-electron chi connectivity index (χ3n) is 3.70. The molecule has 0 atom stereocenters. The minimum Gasteiger partial charge on any atom is -0.346 e. The molecule has 0 bridgehead atoms. The molecule has 19 heavy (non-hydrogen) atoms. The first-order chi connectivity index (χ1) is 9.17. The molecule has 1 spiro atoms. The molecule has 3 rings (SSSR count). The predicted molar refractivity (Wildman–Crippen MR) is 65.5 cm³/mol. The van der Waals surface area contributed by atoms with Crippen molar-refractivity contribution in [3.63, 3.8) is 0 Å². The number of benzene rings is 1. The van der Waals surface area contributed by atoms with Crippen molar-refractivity contribution in [1.29, 1.82) is 0 Å². The van der Waals surface area contributed by atoms with E-state index >= 15 is 0 Å². The molecule has 3 nitrogen and oxygen atoms in total. The van der Waals surface area contributed by atoms with Crippen molar-refractivity contribution in [3.8, 4) is 0 Å². The SMILES string of the molecule is Fc1ccc(CN2CCCC3(C2)OCCO3)cc1F. The number of piperidine rings is 1. The van der Waals surface area contributed by atoms with Gasteiger partial charge in [-0.25, -0.2) is 8.78 Å². The van der Waals surface area contributed by atoms with E-state index < -0.39 is 17.4 Å². The van der Waals surface area contributed by atoms with Crippen LogP contribution < -0.4 is 0 Å². The summed E-state index contributed by atoms with van der Waals surface area (Å²) in [6, 6.07) is 4.05. The van der Waals surface area contributed by atoms with Crippen molar-refractivity contribution >= 4 is 0 Å². The lowest BCUT2D eigenvalue weighted by molar-refractivity contribution is -0.190. The van der Waals surface area contributed by atoms with Gasteiger partial charge in [-0.05, 0) is 30.7 Å². The third kappa shape index (κ3) is 2.78. The second kappa shape index (κ2) is 5.15. The zero-order valence-corrected chi connectivity index (χ0v) is 10.7. The van der Waals surface area contributed by atoms with Gasteiger partial charge in [-0.1, -0.05) is 6.07 Å². The van der Waals surface area contributed by atoms with Gasteiger partial charge < -0.3 is 9.47 Å². The summed E-state index contributed by atoms with van der Waals surface area (Å²) in [5.41, 5.74) is 0.772. The highest BCUT2D eigenvalue weighted by Gasteiger charge is 2.40. The summed E-state index contributed by atoms with van der Waals surface area (Å²) in [5, 5.41) is 0. The lowest BCUT2D eigenvalue weighted by Crippen LogP contribution is -2.48. The highest BCUT2D eigenvalue weighted by Crippen LogP contribution is 2.30. The molecular weight excluding hydrogens is 252 g/mol. The van der Waals surface area contributed by atoms with Crippen molar-refractivity contribution in [2.45, 2.75) is 25.2 Å². The second-order valence-electron chi connectivity index (χ2n) is 5.17. The minimum atomic E-state index is -0.804. The molecule has 0 radical (unpaired) electrons. The number of nitrogens with zero attached hydrogens (tertiary/aromatic N) is 1. The van der Waals surface area contributed by atoms with Gasteiger partial charge in [0.25, 0.3) is 0 Å². The fourth-order valence-electron chi connectivity index (χ4n) is 2.83. The van der Waals surface area contributed by atoms with Crippen LogP contribution in [-0.4, -0.2) is 37.0 Å². The topological polar surface area (TPSA) is 21.7 Å². The van der Waals surface area contributed by atoms with Gasteiger partial charge in [0, 0.05) is 13.0 Å². The molecule has 2 heterocycles. The monoisotopic (exact) mass is 269 g/mol. The van der Waals surface area contributed by atoms with Crippen molar-refractivity contribution in [3.05, 3.63) is 35.4 Å². The van der Waals surface area contributed by atoms with Gasteiger partial charge >= 0.3 is 0 Å². The fourth-order valence-corrected chi connectivity index (χ4v) is 2.83. The lowest BCUT2D eigenvalue weighted by atomic mass is 10.0. The van der Waals surface area contributed by atoms with Gasteiger partial charge in [0.1, 0.15) is 0 Å². The van der Waals surface area contributed by atoms with Crippen molar-refractivity contribution in [2.24, 2.45) is 0 Å². The smallest absolute Gasteiger partial charge is 0.181 e. The van der Waals surface area contributed by atoms with Gasteiger partial charge in [0.2, 0.25) is 0 Å². The Morgan fingerprint density at radius 2 is 1.95 bits per heavy atom. The van der Waals surface area contributed by atoms with E-state index in [4.69, 9.17) is 9.47 Å². The molecular formula is C14H17F2NO2. The Labute approximate surface area is 111 Å². The third-order valence-corrected chi connectivity index (χ3v) is 3.70. The van der Waals surface area contributed by atoms with Crippen LogP contribution in [0.4, 0.5) is 8.78 Å². The lowest BCUT2D eigenvalue weighted by Gasteiger charge is -2.38. The van der Waals surface area contributed by atoms with Gasteiger partial charge in [-0.3, -0.25) is 4.90 Å². The molecule has 2 aliphatic heterocycles. The molecule has 2 saturated heterocycles. The maximum Gasteiger partial charge on any atom is 0.181 e. The molecule has 1 aromatic carbocycles. The summed E-state index contributed by atoms with van der Waals surface area (Å²) < 4.78 is 37.5. The Hall–Kier alpha value is -1.04. The quantitative estimate of drug-likeness (QED) is 0.822. The van der Waals surface area contributed by atoms with Crippen molar-refractivity contribution in [1.82, 2.24) is 4.90 Å². The average Bonchev–Trinajstić information content (AvgIpc) is 2.82. The Bertz CT molecular complexity index is 461. The van der Waals surface area contributed by atoms with Crippen molar-refractivity contribution in [2.75, 3.05) is 26.3 Å². The number of rotatable bonds is 2. The van der Waals surface area contributed by atoms with Crippen LogP contribution in [0.25, 0.3) is 0 Å². The molecule has 2 fully saturated rings. The van der Waals surface area contributed by atoms with Crippen LogP contribution in [0.3, 0.4) is 0 Å². The molecule has 2 aliphatic rings. The first-order valence-corrected chi connectivity index (χ1v) is 6.61. The van der Waals surface area contributed by atoms with Gasteiger partial charge in [-0.2, -0.15) is 0 Å². The summed E-state index contributed by atoms with van der Waals surface area (Å²) in [7, 11) is 0. The van der Waals surface area contributed by atoms with Crippen LogP contribution in [0.5, 0.6) is 0 Å². The first-order valence-electron chi connectivity index (χ1n) is 6.61. The molecule has 1 aromatic rings. The Kier molecular flexibility index (Phi) is 3.52. The van der Waals surface area contributed by atoms with Crippen LogP contribution in [0.15, 0.2) is 18.2 Å². The number of ether oxygens (including phenoxy) is 2. The van der Waals surface area contributed by atoms with Crippen LogP contribution in [0, 0.1) is 11.6 Å². The summed E-state index contributed by atoms with van der Waals surface area (Å²) in [5.74, 6) is -2.07. The maximum absolute atomic E-state index is 13.2. The highest BCUT2D eigenvalue weighted by molar-refractivity contribution is 5.17. The zero-order valence-electron chi connectivity index (χ0n) is 10.7. The molecule has 5 heteroatoms. The number of hydrogen-bond donors (Lipinski definition) is 0. The maximum atomic E-state index is 13.2. The van der Waals surface area contributed by atoms with E-state index in [1.807, 2.05) is 0 Å². The first kappa shape index (κ1) is 13.0. The standard InChI is InChI=1S/C14H17F2NO2/c15-12-3-2-11(8-13(12)16)9-17-5-1-4-14(10-17)18-6-7-19-14/h2-3,8H,1,4-7,9-10H2. The summed E-state index contributed by atoms with van der Waals surface area (Å²) in [6.07, 6.45) is 1.89. The molecule has 0 saturated carbocycles. The Balaban J connectivity index is 1.67. The minimum absolute atomic E-state index is 0.475. The van der Waals surface area contributed by atoms with E-state index in [9.17, 15) is 8.78 Å². The molecule has 104 valence electrons. The largest absolute Gasteiger partial charge is 0.346 e. The molecule has 0 N–H and O–H groups in total. The molecule has 0 aliphatic carbocycles. The van der Waals surface area contributed by atoms with Crippen molar-refractivity contribution < 1.29 is 18.3 Å². The number of halogens is 2. The Morgan fingerprint density at radius 1 is 1.16 bits per heavy atom. The van der Waals surface area contributed by atoms with Crippen LogP contribution in [0.1, 0.15) is 18.4 Å². The van der Waals surface area contributed by atoms with E-state index in [0.717, 1.165) is 24.9 Å². The number of likely N-dealkylation sites (tertiary alicyclic amines) is 1. The van der Waals surface area contributed by atoms with E-state index in [-0.39, 0.29) is 0 Å². The second-order valence-corrected chi connectivity index (χ2v) is 5.17. The zero-order chi connectivity index (χ0) is 13.3. The van der Waals surface area contributed by atoms with Gasteiger partial charge in [-0.15, -0.1) is 0 Å². The van der Waals surface area contributed by atoms with Gasteiger partial charge in [0.15, 0.2) is 17.4 Å². The van der Waals surface area contributed by atoms with Crippen LogP contribution in [0.2, 0.25) is 0 Å². The van der Waals surface area contributed by atoms with E-state index in [1.165, 1.54) is 12.1 Å². The van der Waals surface area contributed by atoms with E-state index in [2.05, 4.69) is 4.90 Å². The van der Waals surface area contributed by atoms with E-state index in [0.29, 0.717) is 26.3 Å². The summed E-state index contributed by atoms with van der Waals surface area (Å²) >= 11 is 0. The van der Waals surface area contributed by atoms with Gasteiger partial charge in [0.05, 0.1) is 19.8 Å². The molecule has 0 unspecified atom stereocenters. The number of hydrogen-bond acceptors (Lipinski definition) is 3. The molecule has 0 aromatic heterocycles. The highest BCUT2D eigenvalue weighted by atomic mass is 19.2. The predicted octanol–water partition coefficient (Wildman–Crippen LogP) is 2.30. The van der Waals surface area contributed by atoms with Crippen LogP contribution >= 0.6 is 0 Å². The Morgan fingerprint density at radius 3 is 2.68 bits per heavy atom. The summed E-state index contributed by atoms with van der Waals surface area (Å²) in [6.45, 7) is 3.48. The van der Waals surface area contributed by atoms with Crippen LogP contribution in [-0.2, 0) is 16.0 Å². The fraction of sp³-hybridized carbons (Fsp3) is 0.571. The molecule has 0 amide bonds.